The van der Waals surface area contributed by atoms with E-state index in [1.165, 1.54) is 18.5 Å². The first-order valence-electron chi connectivity index (χ1n) is 9.27. The molecule has 1 heterocycles. The molecule has 0 aliphatic rings. The van der Waals surface area contributed by atoms with Gasteiger partial charge in [0.1, 0.15) is 4.90 Å². The van der Waals surface area contributed by atoms with E-state index in [0.717, 1.165) is 15.4 Å². The summed E-state index contributed by atoms with van der Waals surface area (Å²) in [4.78, 5) is 16.7. The minimum atomic E-state index is -3.94. The minimum absolute atomic E-state index is 0.0224. The lowest BCUT2D eigenvalue weighted by Gasteiger charge is -2.22. The fraction of sp³-hybridized carbons (Fsp3) is 0.182. The van der Waals surface area contributed by atoms with Crippen LogP contribution in [0.2, 0.25) is 5.02 Å². The Bertz CT molecular complexity index is 1130. The number of aryl methyl sites for hydroxylation is 2. The molecule has 0 radical (unpaired) electrons. The molecule has 0 atom stereocenters. The third-order valence-corrected chi connectivity index (χ3v) is 6.56. The zero-order valence-corrected chi connectivity index (χ0v) is 18.2. The molecule has 6 nitrogen and oxygen atoms in total. The normalized spacial score (nSPS) is 11.5. The van der Waals surface area contributed by atoms with Crippen molar-refractivity contribution in [1.29, 1.82) is 0 Å². The molecule has 0 aliphatic heterocycles. The van der Waals surface area contributed by atoms with Crippen molar-refractivity contribution in [3.63, 3.8) is 0 Å². The highest BCUT2D eigenvalue weighted by Crippen LogP contribution is 2.20. The number of hydrogen-bond donors (Lipinski definition) is 1. The molecule has 1 aromatic heterocycles. The summed E-state index contributed by atoms with van der Waals surface area (Å²) in [7, 11) is -3.94. The second-order valence-electron chi connectivity index (χ2n) is 6.95. The van der Waals surface area contributed by atoms with Crippen molar-refractivity contribution in [1.82, 2.24) is 9.29 Å². The Balaban J connectivity index is 1.87. The molecule has 156 valence electrons. The second-order valence-corrected chi connectivity index (χ2v) is 9.33. The van der Waals surface area contributed by atoms with Gasteiger partial charge < -0.3 is 5.32 Å². The van der Waals surface area contributed by atoms with Crippen LogP contribution < -0.4 is 5.32 Å². The monoisotopic (exact) mass is 443 g/mol. The van der Waals surface area contributed by atoms with Gasteiger partial charge in [-0.25, -0.2) is 8.42 Å². The van der Waals surface area contributed by atoms with Crippen molar-refractivity contribution in [3.05, 3.63) is 88.7 Å². The summed E-state index contributed by atoms with van der Waals surface area (Å²) in [5, 5.41) is 3.37. The maximum atomic E-state index is 13.2. The van der Waals surface area contributed by atoms with Gasteiger partial charge in [0.2, 0.25) is 15.9 Å². The van der Waals surface area contributed by atoms with Crippen molar-refractivity contribution in [2.45, 2.75) is 25.3 Å². The van der Waals surface area contributed by atoms with Gasteiger partial charge in [0.05, 0.1) is 6.54 Å². The van der Waals surface area contributed by atoms with E-state index in [0.29, 0.717) is 16.3 Å². The highest BCUT2D eigenvalue weighted by Gasteiger charge is 2.27. The van der Waals surface area contributed by atoms with Crippen LogP contribution in [0.25, 0.3) is 0 Å². The lowest BCUT2D eigenvalue weighted by molar-refractivity contribution is -0.116. The summed E-state index contributed by atoms with van der Waals surface area (Å²) in [6.07, 6.45) is 2.77. The van der Waals surface area contributed by atoms with Crippen LogP contribution in [0, 0.1) is 13.8 Å². The van der Waals surface area contributed by atoms with Crippen molar-refractivity contribution >= 4 is 33.2 Å². The molecule has 3 rings (SSSR count). The Morgan fingerprint density at radius 1 is 1.10 bits per heavy atom. The Kier molecular flexibility index (Phi) is 6.87. The minimum Gasteiger partial charge on any atom is -0.325 e. The molecular weight excluding hydrogens is 422 g/mol. The molecule has 0 aliphatic carbocycles. The van der Waals surface area contributed by atoms with Crippen LogP contribution in [0.15, 0.2) is 71.9 Å². The van der Waals surface area contributed by atoms with E-state index < -0.39 is 15.9 Å². The van der Waals surface area contributed by atoms with Gasteiger partial charge >= 0.3 is 0 Å². The molecule has 1 amide bonds. The summed E-state index contributed by atoms with van der Waals surface area (Å²) in [6, 6.07) is 15.5. The molecule has 1 N–H and O–H groups in total. The number of sulfonamides is 1. The number of benzene rings is 2. The number of amides is 1. The fourth-order valence-electron chi connectivity index (χ4n) is 2.89. The largest absolute Gasteiger partial charge is 0.325 e. The second kappa shape index (κ2) is 9.38. The van der Waals surface area contributed by atoms with Gasteiger partial charge in [0.15, 0.2) is 0 Å². The fourth-order valence-corrected chi connectivity index (χ4v) is 4.36. The van der Waals surface area contributed by atoms with Gasteiger partial charge in [0.25, 0.3) is 0 Å². The van der Waals surface area contributed by atoms with E-state index in [9.17, 15) is 13.2 Å². The van der Waals surface area contributed by atoms with E-state index in [1.807, 2.05) is 32.0 Å². The average Bonchev–Trinajstić information content (AvgIpc) is 2.72. The summed E-state index contributed by atoms with van der Waals surface area (Å²) in [5.74, 6) is -0.426. The third kappa shape index (κ3) is 5.44. The SMILES string of the molecule is Cc1ccc(C)c(NC(=O)CN(Cc2ccc(Cl)cc2)S(=O)(=O)c2cccnc2)c1. The molecule has 30 heavy (non-hydrogen) atoms. The summed E-state index contributed by atoms with van der Waals surface area (Å²) in [6.45, 7) is 3.49. The number of pyridine rings is 1. The number of hydrogen-bond acceptors (Lipinski definition) is 4. The summed E-state index contributed by atoms with van der Waals surface area (Å²) < 4.78 is 27.5. The number of aromatic nitrogens is 1. The molecule has 8 heteroatoms. The predicted octanol–water partition coefficient (Wildman–Crippen LogP) is 4.18. The van der Waals surface area contributed by atoms with Gasteiger partial charge in [-0.3, -0.25) is 9.78 Å². The molecule has 0 bridgehead atoms. The molecule has 3 aromatic rings. The predicted molar refractivity (Wildman–Crippen MR) is 118 cm³/mol. The molecule has 0 spiro atoms. The lowest BCUT2D eigenvalue weighted by Crippen LogP contribution is -2.37. The van der Waals surface area contributed by atoms with Gasteiger partial charge in [-0.1, -0.05) is 35.9 Å². The van der Waals surface area contributed by atoms with E-state index in [4.69, 9.17) is 11.6 Å². The van der Waals surface area contributed by atoms with Crippen molar-refractivity contribution in [2.75, 3.05) is 11.9 Å². The molecule has 0 saturated heterocycles. The van der Waals surface area contributed by atoms with E-state index in [1.54, 1.807) is 30.3 Å². The molecule has 0 saturated carbocycles. The van der Waals surface area contributed by atoms with Gasteiger partial charge in [0, 0.05) is 29.6 Å². The third-order valence-electron chi connectivity index (χ3n) is 4.53. The average molecular weight is 444 g/mol. The van der Waals surface area contributed by atoms with Crippen LogP contribution >= 0.6 is 11.6 Å². The number of halogens is 1. The molecule has 2 aromatic carbocycles. The lowest BCUT2D eigenvalue weighted by atomic mass is 10.1. The van der Waals surface area contributed by atoms with Gasteiger partial charge in [-0.05, 0) is 60.9 Å². The van der Waals surface area contributed by atoms with Gasteiger partial charge in [-0.2, -0.15) is 4.31 Å². The quantitative estimate of drug-likeness (QED) is 0.594. The highest BCUT2D eigenvalue weighted by atomic mass is 35.5. The van der Waals surface area contributed by atoms with Crippen LogP contribution in [-0.4, -0.2) is 30.2 Å². The number of anilines is 1. The van der Waals surface area contributed by atoms with E-state index >= 15 is 0 Å². The van der Waals surface area contributed by atoms with Crippen LogP contribution in [0.3, 0.4) is 0 Å². The van der Waals surface area contributed by atoms with Crippen molar-refractivity contribution in [2.24, 2.45) is 0 Å². The summed E-state index contributed by atoms with van der Waals surface area (Å²) in [5.41, 5.74) is 3.27. The Hall–Kier alpha value is -2.74. The zero-order valence-electron chi connectivity index (χ0n) is 16.7. The zero-order chi connectivity index (χ0) is 21.7. The summed E-state index contributed by atoms with van der Waals surface area (Å²) >= 11 is 5.93. The highest BCUT2D eigenvalue weighted by molar-refractivity contribution is 7.89. The van der Waals surface area contributed by atoms with Crippen LogP contribution in [-0.2, 0) is 21.4 Å². The standard InChI is InChI=1S/C22H22ClN3O3S/c1-16-5-6-17(2)21(12-16)25-22(27)15-26(14-18-7-9-19(23)10-8-18)30(28,29)20-4-3-11-24-13-20/h3-13H,14-15H2,1-2H3,(H,25,27). The van der Waals surface area contributed by atoms with Crippen LogP contribution in [0.1, 0.15) is 16.7 Å². The maximum absolute atomic E-state index is 13.2. The van der Waals surface area contributed by atoms with Gasteiger partial charge in [-0.15, -0.1) is 0 Å². The Morgan fingerprint density at radius 3 is 2.50 bits per heavy atom. The number of nitrogens with one attached hydrogen (secondary N) is 1. The molecule has 0 fully saturated rings. The number of carbonyl (C=O) groups is 1. The smallest absolute Gasteiger partial charge is 0.245 e. The first kappa shape index (κ1) is 22.0. The van der Waals surface area contributed by atoms with E-state index in [-0.39, 0.29) is 18.0 Å². The van der Waals surface area contributed by atoms with Crippen molar-refractivity contribution < 1.29 is 13.2 Å². The Morgan fingerprint density at radius 2 is 1.83 bits per heavy atom. The van der Waals surface area contributed by atoms with Crippen LogP contribution in [0.5, 0.6) is 0 Å². The topological polar surface area (TPSA) is 79.4 Å². The maximum Gasteiger partial charge on any atom is 0.245 e. The number of carbonyl (C=O) groups excluding carboxylic acids is 1. The van der Waals surface area contributed by atoms with Crippen molar-refractivity contribution in [3.8, 4) is 0 Å². The Labute approximate surface area is 181 Å². The molecular formula is C22H22ClN3O3S. The van der Waals surface area contributed by atoms with E-state index in [2.05, 4.69) is 10.3 Å². The van der Waals surface area contributed by atoms with Crippen LogP contribution in [0.4, 0.5) is 5.69 Å². The first-order valence-corrected chi connectivity index (χ1v) is 11.1. The molecule has 0 unspecified atom stereocenters. The number of rotatable bonds is 7. The number of nitrogens with zero attached hydrogens (tertiary/aromatic N) is 2. The first-order chi connectivity index (χ1) is 14.3.